The molecule has 3 nitrogen and oxygen atoms in total. The van der Waals surface area contributed by atoms with Crippen molar-refractivity contribution in [2.75, 3.05) is 26.7 Å². The second kappa shape index (κ2) is 6.92. The topological polar surface area (TPSA) is 38.5 Å². The summed E-state index contributed by atoms with van der Waals surface area (Å²) in [7, 11) is 2.17. The Hall–Kier alpha value is -1.06. The van der Waals surface area contributed by atoms with Gasteiger partial charge in [-0.1, -0.05) is 25.5 Å². The van der Waals surface area contributed by atoms with Crippen molar-refractivity contribution in [1.29, 1.82) is 0 Å². The van der Waals surface area contributed by atoms with E-state index in [1.165, 1.54) is 11.1 Å². The summed E-state index contributed by atoms with van der Waals surface area (Å²) in [5.41, 5.74) is 8.51. The van der Waals surface area contributed by atoms with Gasteiger partial charge in [0.2, 0.25) is 0 Å². The van der Waals surface area contributed by atoms with Gasteiger partial charge in [0.1, 0.15) is 5.75 Å². The molecule has 0 aliphatic carbocycles. The van der Waals surface area contributed by atoms with Gasteiger partial charge in [0.25, 0.3) is 0 Å². The molecule has 106 valence electrons. The van der Waals surface area contributed by atoms with Crippen molar-refractivity contribution in [3.63, 3.8) is 0 Å². The highest BCUT2D eigenvalue weighted by molar-refractivity contribution is 5.38. The van der Waals surface area contributed by atoms with E-state index in [0.29, 0.717) is 5.92 Å². The van der Waals surface area contributed by atoms with Crippen molar-refractivity contribution in [3.05, 3.63) is 29.3 Å². The SMILES string of the molecule is CCC(CN)CN(C)Cc1ccc2c(c1)CCCO2. The average Bonchev–Trinajstić information content (AvgIpc) is 2.44. The Morgan fingerprint density at radius 3 is 3.00 bits per heavy atom. The van der Waals surface area contributed by atoms with Crippen molar-refractivity contribution >= 4 is 0 Å². The summed E-state index contributed by atoms with van der Waals surface area (Å²) in [6, 6.07) is 6.61. The van der Waals surface area contributed by atoms with E-state index in [4.69, 9.17) is 10.5 Å². The van der Waals surface area contributed by atoms with Crippen molar-refractivity contribution in [2.24, 2.45) is 11.7 Å². The molecule has 1 atom stereocenters. The first-order valence-electron chi connectivity index (χ1n) is 7.36. The number of aryl methyl sites for hydroxylation is 1. The number of ether oxygens (including phenoxy) is 1. The molecule has 1 heterocycles. The molecule has 0 saturated carbocycles. The fraction of sp³-hybridized carbons (Fsp3) is 0.625. The molecule has 1 aromatic carbocycles. The van der Waals surface area contributed by atoms with E-state index in [9.17, 15) is 0 Å². The number of benzene rings is 1. The third kappa shape index (κ3) is 3.95. The predicted molar refractivity (Wildman–Crippen MR) is 79.4 cm³/mol. The summed E-state index contributed by atoms with van der Waals surface area (Å²) < 4.78 is 5.65. The third-order valence-electron chi connectivity index (χ3n) is 3.91. The zero-order chi connectivity index (χ0) is 13.7. The monoisotopic (exact) mass is 262 g/mol. The van der Waals surface area contributed by atoms with E-state index in [1.807, 2.05) is 0 Å². The molecule has 1 aromatic rings. The maximum atomic E-state index is 5.77. The standard InChI is InChI=1S/C16H26N2O/c1-3-13(10-17)11-18(2)12-14-6-7-16-15(9-14)5-4-8-19-16/h6-7,9,13H,3-5,8,10-12,17H2,1-2H3. The average molecular weight is 262 g/mol. The minimum atomic E-state index is 0.603. The summed E-state index contributed by atoms with van der Waals surface area (Å²) in [5.74, 6) is 1.68. The van der Waals surface area contributed by atoms with Crippen molar-refractivity contribution in [1.82, 2.24) is 4.90 Å². The van der Waals surface area contributed by atoms with E-state index in [2.05, 4.69) is 37.1 Å². The van der Waals surface area contributed by atoms with Crippen molar-refractivity contribution < 1.29 is 4.74 Å². The molecule has 1 unspecified atom stereocenters. The Morgan fingerprint density at radius 2 is 2.26 bits per heavy atom. The predicted octanol–water partition coefficient (Wildman–Crippen LogP) is 2.43. The van der Waals surface area contributed by atoms with E-state index in [-0.39, 0.29) is 0 Å². The van der Waals surface area contributed by atoms with Crippen molar-refractivity contribution in [3.8, 4) is 5.75 Å². The fourth-order valence-electron chi connectivity index (χ4n) is 2.70. The van der Waals surface area contributed by atoms with Crippen LogP contribution in [0, 0.1) is 5.92 Å². The summed E-state index contributed by atoms with van der Waals surface area (Å²) in [5, 5.41) is 0. The van der Waals surface area contributed by atoms with Gasteiger partial charge in [0, 0.05) is 13.1 Å². The second-order valence-corrected chi connectivity index (χ2v) is 5.60. The van der Waals surface area contributed by atoms with Gasteiger partial charge in [0.05, 0.1) is 6.61 Å². The highest BCUT2D eigenvalue weighted by Gasteiger charge is 2.12. The first kappa shape index (κ1) is 14.4. The van der Waals surface area contributed by atoms with Crippen LogP contribution < -0.4 is 10.5 Å². The highest BCUT2D eigenvalue weighted by atomic mass is 16.5. The molecule has 0 radical (unpaired) electrons. The quantitative estimate of drug-likeness (QED) is 0.855. The van der Waals surface area contributed by atoms with Crippen LogP contribution in [0.4, 0.5) is 0 Å². The molecule has 19 heavy (non-hydrogen) atoms. The van der Waals surface area contributed by atoms with Gasteiger partial charge in [-0.15, -0.1) is 0 Å². The van der Waals surface area contributed by atoms with Gasteiger partial charge < -0.3 is 15.4 Å². The molecule has 0 saturated heterocycles. The lowest BCUT2D eigenvalue weighted by molar-refractivity contribution is 0.266. The number of fused-ring (bicyclic) bond motifs is 1. The van der Waals surface area contributed by atoms with E-state index in [0.717, 1.165) is 51.3 Å². The molecular formula is C16H26N2O. The van der Waals surface area contributed by atoms with Crippen LogP contribution in [-0.4, -0.2) is 31.6 Å². The Kier molecular flexibility index (Phi) is 5.23. The molecule has 1 aliphatic heterocycles. The molecule has 2 N–H and O–H groups in total. The first-order chi connectivity index (χ1) is 9.22. The molecule has 0 aromatic heterocycles. The third-order valence-corrected chi connectivity index (χ3v) is 3.91. The van der Waals surface area contributed by atoms with Crippen LogP contribution >= 0.6 is 0 Å². The molecule has 2 rings (SSSR count). The number of nitrogens with two attached hydrogens (primary N) is 1. The summed E-state index contributed by atoms with van der Waals surface area (Å²) in [4.78, 5) is 2.37. The fourth-order valence-corrected chi connectivity index (χ4v) is 2.70. The van der Waals surface area contributed by atoms with Gasteiger partial charge >= 0.3 is 0 Å². The second-order valence-electron chi connectivity index (χ2n) is 5.60. The summed E-state index contributed by atoms with van der Waals surface area (Å²) >= 11 is 0. The highest BCUT2D eigenvalue weighted by Crippen LogP contribution is 2.26. The van der Waals surface area contributed by atoms with E-state index < -0.39 is 0 Å². The lowest BCUT2D eigenvalue weighted by atomic mass is 10.0. The van der Waals surface area contributed by atoms with Crippen LogP contribution in [0.2, 0.25) is 0 Å². The Bertz CT molecular complexity index is 402. The smallest absolute Gasteiger partial charge is 0.122 e. The van der Waals surface area contributed by atoms with Gasteiger partial charge in [-0.25, -0.2) is 0 Å². The van der Waals surface area contributed by atoms with E-state index >= 15 is 0 Å². The van der Waals surface area contributed by atoms with Crippen LogP contribution in [0.1, 0.15) is 30.9 Å². The minimum absolute atomic E-state index is 0.603. The number of hydrogen-bond acceptors (Lipinski definition) is 3. The normalized spacial score (nSPS) is 16.0. The molecule has 0 fully saturated rings. The summed E-state index contributed by atoms with van der Waals surface area (Å²) in [6.45, 7) is 5.91. The lowest BCUT2D eigenvalue weighted by Gasteiger charge is -2.23. The largest absolute Gasteiger partial charge is 0.493 e. The van der Waals surface area contributed by atoms with Crippen LogP contribution in [0.3, 0.4) is 0 Å². The van der Waals surface area contributed by atoms with Gasteiger partial charge in [-0.2, -0.15) is 0 Å². The Morgan fingerprint density at radius 1 is 1.42 bits per heavy atom. The molecule has 3 heteroatoms. The number of hydrogen-bond donors (Lipinski definition) is 1. The van der Waals surface area contributed by atoms with Crippen LogP contribution in [0.5, 0.6) is 5.75 Å². The molecule has 0 bridgehead atoms. The molecule has 0 spiro atoms. The minimum Gasteiger partial charge on any atom is -0.493 e. The maximum absolute atomic E-state index is 5.77. The zero-order valence-electron chi connectivity index (χ0n) is 12.2. The number of nitrogens with zero attached hydrogens (tertiary/aromatic N) is 1. The van der Waals surface area contributed by atoms with Crippen LogP contribution in [0.15, 0.2) is 18.2 Å². The maximum Gasteiger partial charge on any atom is 0.122 e. The van der Waals surface area contributed by atoms with Crippen molar-refractivity contribution in [2.45, 2.75) is 32.7 Å². The zero-order valence-corrected chi connectivity index (χ0v) is 12.2. The Balaban J connectivity index is 1.95. The molecular weight excluding hydrogens is 236 g/mol. The first-order valence-corrected chi connectivity index (χ1v) is 7.36. The van der Waals surface area contributed by atoms with Gasteiger partial charge in [0.15, 0.2) is 0 Å². The lowest BCUT2D eigenvalue weighted by Crippen LogP contribution is -2.29. The van der Waals surface area contributed by atoms with Gasteiger partial charge in [-0.3, -0.25) is 0 Å². The van der Waals surface area contributed by atoms with Gasteiger partial charge in [-0.05, 0) is 49.5 Å². The van der Waals surface area contributed by atoms with Crippen LogP contribution in [0.25, 0.3) is 0 Å². The summed E-state index contributed by atoms with van der Waals surface area (Å²) in [6.07, 6.45) is 3.43. The van der Waals surface area contributed by atoms with E-state index in [1.54, 1.807) is 0 Å². The number of rotatable bonds is 6. The van der Waals surface area contributed by atoms with Crippen LogP contribution in [-0.2, 0) is 13.0 Å². The molecule has 0 amide bonds. The molecule has 1 aliphatic rings. The Labute approximate surface area is 116 Å².